The van der Waals surface area contributed by atoms with Gasteiger partial charge in [-0.3, -0.25) is 14.4 Å². The summed E-state index contributed by atoms with van der Waals surface area (Å²) in [6, 6.07) is 25.8. The third-order valence-electron chi connectivity index (χ3n) is 6.24. The Hall–Kier alpha value is -4.20. The van der Waals surface area contributed by atoms with E-state index in [1.54, 1.807) is 42.1 Å². The van der Waals surface area contributed by atoms with Gasteiger partial charge >= 0.3 is 5.97 Å². The van der Waals surface area contributed by atoms with Crippen LogP contribution in [-0.2, 0) is 4.74 Å². The van der Waals surface area contributed by atoms with Crippen molar-refractivity contribution in [2.24, 2.45) is 0 Å². The van der Waals surface area contributed by atoms with E-state index in [2.05, 4.69) is 0 Å². The van der Waals surface area contributed by atoms with Crippen molar-refractivity contribution in [3.05, 3.63) is 124 Å². The second-order valence-corrected chi connectivity index (χ2v) is 10.6. The first kappa shape index (κ1) is 26.4. The monoisotopic (exact) mass is 555 g/mol. The maximum atomic E-state index is 13.2. The van der Waals surface area contributed by atoms with Crippen molar-refractivity contribution in [1.82, 2.24) is 0 Å². The number of amides is 2. The van der Waals surface area contributed by atoms with Crippen LogP contribution in [0.1, 0.15) is 53.9 Å². The van der Waals surface area contributed by atoms with Gasteiger partial charge in [0.25, 0.3) is 11.8 Å². The van der Waals surface area contributed by atoms with Crippen LogP contribution in [0, 0.1) is 6.92 Å². The van der Waals surface area contributed by atoms with Crippen LogP contribution in [0.15, 0.2) is 101 Å². The minimum Gasteiger partial charge on any atom is -0.451 e. The summed E-state index contributed by atoms with van der Waals surface area (Å²) in [4.78, 5) is 54.9. The molecule has 0 aliphatic carbocycles. The summed E-state index contributed by atoms with van der Waals surface area (Å²) in [5, 5.41) is 0.394. The third-order valence-corrected chi connectivity index (χ3v) is 7.49. The number of hydrogen-bond donors (Lipinski definition) is 0. The Kier molecular flexibility index (Phi) is 7.37. The van der Waals surface area contributed by atoms with E-state index in [4.69, 9.17) is 16.3 Å². The molecule has 39 heavy (non-hydrogen) atoms. The van der Waals surface area contributed by atoms with Crippen molar-refractivity contribution in [2.75, 3.05) is 4.90 Å². The standard InChI is InChI=1S/C31H22ClNO5S/c1-18-6-11-24(12-7-18)39-25-13-9-23(10-14-25)33-29(35)26-15-8-21(17-27(26)30(33)36)31(37)38-19(2)28(34)20-4-3-5-22(32)16-20/h3-17,19H,1-2H3. The molecule has 0 aromatic heterocycles. The summed E-state index contributed by atoms with van der Waals surface area (Å²) in [5.74, 6) is -2.20. The first-order valence-electron chi connectivity index (χ1n) is 12.1. The highest BCUT2D eigenvalue weighted by atomic mass is 35.5. The third kappa shape index (κ3) is 5.50. The lowest BCUT2D eigenvalue weighted by Gasteiger charge is -2.14. The van der Waals surface area contributed by atoms with Gasteiger partial charge in [-0.05, 0) is 80.6 Å². The number of Topliss-reactive ketones (excluding diaryl/α,β-unsaturated/α-hetero) is 1. The number of carbonyl (C=O) groups excluding carboxylic acids is 4. The molecular formula is C31H22ClNO5S. The highest BCUT2D eigenvalue weighted by Crippen LogP contribution is 2.33. The quantitative estimate of drug-likeness (QED) is 0.138. The average Bonchev–Trinajstić information content (AvgIpc) is 3.19. The predicted octanol–water partition coefficient (Wildman–Crippen LogP) is 7.03. The predicted molar refractivity (Wildman–Crippen MR) is 150 cm³/mol. The lowest BCUT2D eigenvalue weighted by Crippen LogP contribution is -2.29. The Morgan fingerprint density at radius 1 is 0.795 bits per heavy atom. The highest BCUT2D eigenvalue weighted by molar-refractivity contribution is 7.99. The number of anilines is 1. The van der Waals surface area contributed by atoms with Gasteiger partial charge in [0.2, 0.25) is 5.78 Å². The van der Waals surface area contributed by atoms with Gasteiger partial charge in [0.05, 0.1) is 22.4 Å². The number of nitrogens with zero attached hydrogens (tertiary/aromatic N) is 1. The fourth-order valence-corrected chi connectivity index (χ4v) is 5.17. The Morgan fingerprint density at radius 3 is 2.10 bits per heavy atom. The van der Waals surface area contributed by atoms with Gasteiger partial charge in [-0.1, -0.05) is 53.2 Å². The Bertz CT molecular complexity index is 1620. The summed E-state index contributed by atoms with van der Waals surface area (Å²) in [6.07, 6.45) is -1.07. The number of aryl methyl sites for hydroxylation is 1. The molecule has 1 heterocycles. The van der Waals surface area contributed by atoms with E-state index >= 15 is 0 Å². The van der Waals surface area contributed by atoms with Gasteiger partial charge in [0.1, 0.15) is 0 Å². The molecule has 0 radical (unpaired) electrons. The van der Waals surface area contributed by atoms with Crippen molar-refractivity contribution >= 4 is 52.6 Å². The Labute approximate surface area is 234 Å². The van der Waals surface area contributed by atoms with E-state index in [1.165, 1.54) is 36.8 Å². The number of carbonyl (C=O) groups is 4. The van der Waals surface area contributed by atoms with E-state index in [9.17, 15) is 19.2 Å². The van der Waals surface area contributed by atoms with Crippen molar-refractivity contribution in [2.45, 2.75) is 29.7 Å². The van der Waals surface area contributed by atoms with Crippen molar-refractivity contribution < 1.29 is 23.9 Å². The van der Waals surface area contributed by atoms with E-state index < -0.39 is 29.7 Å². The molecule has 1 aliphatic rings. The van der Waals surface area contributed by atoms with Crippen LogP contribution in [0.3, 0.4) is 0 Å². The van der Waals surface area contributed by atoms with Gasteiger partial charge in [-0.25, -0.2) is 9.69 Å². The molecule has 0 saturated heterocycles. The smallest absolute Gasteiger partial charge is 0.338 e. The largest absolute Gasteiger partial charge is 0.451 e. The Balaban J connectivity index is 1.30. The molecular weight excluding hydrogens is 534 g/mol. The van der Waals surface area contributed by atoms with Crippen molar-refractivity contribution in [3.8, 4) is 0 Å². The topological polar surface area (TPSA) is 80.8 Å². The Morgan fingerprint density at radius 2 is 1.44 bits per heavy atom. The minimum atomic E-state index is -1.07. The molecule has 1 unspecified atom stereocenters. The fraction of sp³-hybridized carbons (Fsp3) is 0.0968. The van der Waals surface area contributed by atoms with Crippen molar-refractivity contribution in [1.29, 1.82) is 0 Å². The maximum Gasteiger partial charge on any atom is 0.338 e. The molecule has 0 bridgehead atoms. The molecule has 0 N–H and O–H groups in total. The lowest BCUT2D eigenvalue weighted by atomic mass is 10.1. The summed E-state index contributed by atoms with van der Waals surface area (Å²) in [7, 11) is 0. The van der Waals surface area contributed by atoms with Gasteiger partial charge in [0, 0.05) is 20.4 Å². The highest BCUT2D eigenvalue weighted by Gasteiger charge is 2.37. The summed E-state index contributed by atoms with van der Waals surface area (Å²) in [6.45, 7) is 3.49. The molecule has 1 atom stereocenters. The van der Waals surface area contributed by atoms with Crippen LogP contribution in [0.5, 0.6) is 0 Å². The van der Waals surface area contributed by atoms with E-state index in [-0.39, 0.29) is 16.7 Å². The van der Waals surface area contributed by atoms with Crippen molar-refractivity contribution in [3.63, 3.8) is 0 Å². The second-order valence-electron chi connectivity index (χ2n) is 9.04. The first-order chi connectivity index (χ1) is 18.7. The summed E-state index contributed by atoms with van der Waals surface area (Å²) < 4.78 is 5.35. The van der Waals surface area contributed by atoms with Crippen LogP contribution >= 0.6 is 23.4 Å². The molecule has 6 nitrogen and oxygen atoms in total. The SMILES string of the molecule is Cc1ccc(Sc2ccc(N3C(=O)c4ccc(C(=O)OC(C)C(=O)c5cccc(Cl)c5)cc4C3=O)cc2)cc1. The lowest BCUT2D eigenvalue weighted by molar-refractivity contribution is 0.0318. The molecule has 0 saturated carbocycles. The van der Waals surface area contributed by atoms with Gasteiger partial charge in [-0.15, -0.1) is 0 Å². The number of ether oxygens (including phenoxy) is 1. The van der Waals surface area contributed by atoms with Crippen LogP contribution in [0.2, 0.25) is 5.02 Å². The number of ketones is 1. The number of halogens is 1. The minimum absolute atomic E-state index is 0.0624. The molecule has 4 aromatic rings. The van der Waals surface area contributed by atoms with Crippen LogP contribution < -0.4 is 4.90 Å². The molecule has 4 aromatic carbocycles. The zero-order valence-corrected chi connectivity index (χ0v) is 22.6. The normalized spacial score (nSPS) is 13.3. The second kappa shape index (κ2) is 10.9. The van der Waals surface area contributed by atoms with Crippen LogP contribution in [0.25, 0.3) is 0 Å². The summed E-state index contributed by atoms with van der Waals surface area (Å²) >= 11 is 7.53. The molecule has 2 amide bonds. The van der Waals surface area contributed by atoms with Gasteiger partial charge in [-0.2, -0.15) is 0 Å². The van der Waals surface area contributed by atoms with E-state index in [0.717, 1.165) is 14.7 Å². The van der Waals surface area contributed by atoms with Crippen LogP contribution in [-0.4, -0.2) is 29.7 Å². The molecule has 1 aliphatic heterocycles. The fourth-order valence-electron chi connectivity index (χ4n) is 4.17. The zero-order valence-electron chi connectivity index (χ0n) is 21.0. The number of imide groups is 1. The summed E-state index contributed by atoms with van der Waals surface area (Å²) in [5.41, 5.74) is 2.28. The number of hydrogen-bond acceptors (Lipinski definition) is 6. The molecule has 0 fully saturated rings. The van der Waals surface area contributed by atoms with Gasteiger partial charge in [0.15, 0.2) is 6.10 Å². The molecule has 194 valence electrons. The van der Waals surface area contributed by atoms with Crippen LogP contribution in [0.4, 0.5) is 5.69 Å². The molecule has 0 spiro atoms. The average molecular weight is 556 g/mol. The zero-order chi connectivity index (χ0) is 27.7. The van der Waals surface area contributed by atoms with Gasteiger partial charge < -0.3 is 4.74 Å². The van der Waals surface area contributed by atoms with E-state index in [0.29, 0.717) is 16.3 Å². The number of esters is 1. The number of rotatable bonds is 7. The number of fused-ring (bicyclic) bond motifs is 1. The van der Waals surface area contributed by atoms with E-state index in [1.807, 2.05) is 43.3 Å². The number of benzene rings is 4. The first-order valence-corrected chi connectivity index (χ1v) is 13.3. The maximum absolute atomic E-state index is 13.2. The molecule has 5 rings (SSSR count). The molecule has 8 heteroatoms.